The predicted octanol–water partition coefficient (Wildman–Crippen LogP) is 8.85. The predicted molar refractivity (Wildman–Crippen MR) is 137 cm³/mol. The van der Waals surface area contributed by atoms with Crippen LogP contribution in [0.4, 0.5) is 11.4 Å². The summed E-state index contributed by atoms with van der Waals surface area (Å²) in [5.41, 5.74) is 6.57. The Hall–Kier alpha value is -3.58. The number of anilines is 2. The zero-order chi connectivity index (χ0) is 22.1. The normalized spacial score (nSPS) is 10.6. The van der Waals surface area contributed by atoms with Crippen molar-refractivity contribution in [3.63, 3.8) is 0 Å². The molecule has 3 aromatic carbocycles. The smallest absolute Gasteiger partial charge is 0.0546 e. The van der Waals surface area contributed by atoms with Gasteiger partial charge in [-0.1, -0.05) is 86.5 Å². The Kier molecular flexibility index (Phi) is 8.19. The van der Waals surface area contributed by atoms with Crippen LogP contribution in [0.5, 0.6) is 0 Å². The van der Waals surface area contributed by atoms with Crippen LogP contribution in [0.2, 0.25) is 0 Å². The van der Waals surface area contributed by atoms with Crippen LogP contribution in [-0.2, 0) is 0 Å². The van der Waals surface area contributed by atoms with Gasteiger partial charge in [-0.2, -0.15) is 0 Å². The molecule has 0 bridgehead atoms. The third-order valence-electron chi connectivity index (χ3n) is 4.88. The molecule has 0 fully saturated rings. The van der Waals surface area contributed by atoms with E-state index in [1.165, 1.54) is 16.3 Å². The minimum Gasteiger partial charge on any atom is -0.310 e. The first-order chi connectivity index (χ1) is 14.6. The van der Waals surface area contributed by atoms with Gasteiger partial charge in [0.05, 0.1) is 5.69 Å². The molecule has 0 unspecified atom stereocenters. The largest absolute Gasteiger partial charge is 0.310 e. The summed E-state index contributed by atoms with van der Waals surface area (Å²) in [5, 5.41) is 2.35. The number of para-hydroxylation sites is 1. The minimum atomic E-state index is 1.03. The molecule has 0 aliphatic rings. The maximum atomic E-state index is 4.10. The molecule has 0 N–H and O–H groups in total. The molecule has 3 rings (SSSR count). The van der Waals surface area contributed by atoms with Gasteiger partial charge in [-0.25, -0.2) is 0 Å². The van der Waals surface area contributed by atoms with Gasteiger partial charge in [0, 0.05) is 16.9 Å². The van der Waals surface area contributed by atoms with Crippen molar-refractivity contribution in [1.29, 1.82) is 0 Å². The number of aryl methyl sites for hydroxylation is 1. The number of allylic oxidation sites excluding steroid dienone is 3. The molecular formula is C29H31N. The Bertz CT molecular complexity index is 1100. The summed E-state index contributed by atoms with van der Waals surface area (Å²) in [6.07, 6.45) is 9.56. The summed E-state index contributed by atoms with van der Waals surface area (Å²) in [6, 6.07) is 19.0. The lowest BCUT2D eigenvalue weighted by atomic mass is 9.95. The first-order valence-electron chi connectivity index (χ1n) is 10.1. The van der Waals surface area contributed by atoms with Crippen molar-refractivity contribution in [1.82, 2.24) is 0 Å². The molecule has 0 radical (unpaired) electrons. The number of nitrogens with zero attached hydrogens (tertiary/aromatic N) is 1. The van der Waals surface area contributed by atoms with Crippen molar-refractivity contribution in [3.05, 3.63) is 122 Å². The highest BCUT2D eigenvalue weighted by atomic mass is 15.1. The molecular weight excluding hydrogens is 362 g/mol. The third kappa shape index (κ3) is 4.52. The number of hydrogen-bond acceptors (Lipinski definition) is 1. The number of rotatable bonds is 6. The zero-order valence-electron chi connectivity index (χ0n) is 18.4. The Morgan fingerprint density at radius 2 is 1.40 bits per heavy atom. The van der Waals surface area contributed by atoms with Crippen LogP contribution in [0.25, 0.3) is 22.9 Å². The Balaban J connectivity index is 0.00000101. The fourth-order valence-electron chi connectivity index (χ4n) is 3.56. The van der Waals surface area contributed by atoms with E-state index in [2.05, 4.69) is 98.8 Å². The van der Waals surface area contributed by atoms with Crippen LogP contribution in [0.15, 0.2) is 105 Å². The molecule has 1 heteroatoms. The summed E-state index contributed by atoms with van der Waals surface area (Å²) in [7, 11) is 0. The van der Waals surface area contributed by atoms with E-state index in [1.807, 2.05) is 32.1 Å². The molecule has 0 atom stereocenters. The highest BCUT2D eigenvalue weighted by Crippen LogP contribution is 2.40. The molecule has 0 saturated heterocycles. The van der Waals surface area contributed by atoms with E-state index >= 15 is 0 Å². The van der Waals surface area contributed by atoms with Crippen LogP contribution in [0.3, 0.4) is 0 Å². The van der Waals surface area contributed by atoms with E-state index in [1.54, 1.807) is 6.08 Å². The van der Waals surface area contributed by atoms with Gasteiger partial charge < -0.3 is 4.90 Å². The van der Waals surface area contributed by atoms with Crippen molar-refractivity contribution < 1.29 is 0 Å². The third-order valence-corrected chi connectivity index (χ3v) is 4.88. The fourth-order valence-corrected chi connectivity index (χ4v) is 3.56. The molecule has 0 aromatic heterocycles. The first kappa shape index (κ1) is 22.7. The molecule has 3 aromatic rings. The van der Waals surface area contributed by atoms with E-state index in [-0.39, 0.29) is 0 Å². The monoisotopic (exact) mass is 393 g/mol. The van der Waals surface area contributed by atoms with Gasteiger partial charge in [0.15, 0.2) is 0 Å². The van der Waals surface area contributed by atoms with Gasteiger partial charge in [0.25, 0.3) is 0 Å². The maximum Gasteiger partial charge on any atom is 0.0546 e. The molecule has 30 heavy (non-hydrogen) atoms. The topological polar surface area (TPSA) is 3.24 Å². The van der Waals surface area contributed by atoms with Crippen molar-refractivity contribution in [3.8, 4) is 0 Å². The van der Waals surface area contributed by atoms with Crippen LogP contribution >= 0.6 is 0 Å². The van der Waals surface area contributed by atoms with E-state index in [0.29, 0.717) is 0 Å². The zero-order valence-corrected chi connectivity index (χ0v) is 18.4. The van der Waals surface area contributed by atoms with Gasteiger partial charge in [-0.15, -0.1) is 6.58 Å². The van der Waals surface area contributed by atoms with Crippen LogP contribution < -0.4 is 4.90 Å². The van der Waals surface area contributed by atoms with Crippen LogP contribution in [0, 0.1) is 6.92 Å². The quantitative estimate of drug-likeness (QED) is 0.298. The van der Waals surface area contributed by atoms with Crippen molar-refractivity contribution in [2.75, 3.05) is 4.90 Å². The van der Waals surface area contributed by atoms with Crippen LogP contribution in [-0.4, -0.2) is 0 Å². The highest BCUT2D eigenvalue weighted by Gasteiger charge is 2.19. The Morgan fingerprint density at radius 1 is 0.800 bits per heavy atom. The Labute approximate surface area is 181 Å². The fraction of sp³-hybridized carbons (Fsp3) is 0.103. The lowest BCUT2D eigenvalue weighted by Gasteiger charge is -2.30. The van der Waals surface area contributed by atoms with E-state index < -0.39 is 0 Å². The highest BCUT2D eigenvalue weighted by molar-refractivity contribution is 6.00. The minimum absolute atomic E-state index is 1.03. The van der Waals surface area contributed by atoms with E-state index in [0.717, 1.165) is 28.2 Å². The van der Waals surface area contributed by atoms with Gasteiger partial charge in [-0.3, -0.25) is 0 Å². The molecule has 152 valence electrons. The molecule has 0 amide bonds. The molecule has 0 heterocycles. The lowest BCUT2D eigenvalue weighted by molar-refractivity contribution is 1.18. The summed E-state index contributed by atoms with van der Waals surface area (Å²) >= 11 is 0. The van der Waals surface area contributed by atoms with Gasteiger partial charge >= 0.3 is 0 Å². The molecule has 0 aliphatic carbocycles. The molecule has 0 spiro atoms. The first-order valence-corrected chi connectivity index (χ1v) is 10.1. The molecule has 1 nitrogen and oxygen atoms in total. The van der Waals surface area contributed by atoms with Crippen molar-refractivity contribution in [2.45, 2.75) is 20.8 Å². The lowest BCUT2D eigenvalue weighted by Crippen LogP contribution is -2.17. The summed E-state index contributed by atoms with van der Waals surface area (Å²) in [6.45, 7) is 21.6. The second kappa shape index (κ2) is 10.8. The van der Waals surface area contributed by atoms with Gasteiger partial charge in [0.2, 0.25) is 0 Å². The molecule has 0 saturated carbocycles. The summed E-state index contributed by atoms with van der Waals surface area (Å²) < 4.78 is 0. The maximum absolute atomic E-state index is 4.10. The van der Waals surface area contributed by atoms with Crippen molar-refractivity contribution in [2.24, 2.45) is 0 Å². The van der Waals surface area contributed by atoms with Crippen molar-refractivity contribution >= 4 is 34.3 Å². The van der Waals surface area contributed by atoms with Gasteiger partial charge in [0.1, 0.15) is 0 Å². The standard InChI is InChI=1S/C26H25N.C3H6/c1-6-21(7-2)27(25-17-13-10-14-19(25)5)26-18-20-15-11-12-16-24(20)22(8-3)23(26)9-4;1-3-2/h6-18H,1,3-4H2,2,5H3;3H,1H2,2H3/b21-7+;. The number of fused-ring (bicyclic) bond motifs is 1. The second-order valence-electron chi connectivity index (χ2n) is 6.80. The SMILES string of the molecule is C=C/C(=C\C)N(c1ccccc1C)c1cc2ccccc2c(C=C)c1C=C.C=CC. The molecule has 0 aliphatic heterocycles. The summed E-state index contributed by atoms with van der Waals surface area (Å²) in [5.74, 6) is 0. The number of hydrogen-bond donors (Lipinski definition) is 0. The summed E-state index contributed by atoms with van der Waals surface area (Å²) in [4.78, 5) is 2.25. The average molecular weight is 394 g/mol. The van der Waals surface area contributed by atoms with E-state index in [9.17, 15) is 0 Å². The number of benzene rings is 3. The second-order valence-corrected chi connectivity index (χ2v) is 6.80. The Morgan fingerprint density at radius 3 is 1.97 bits per heavy atom. The van der Waals surface area contributed by atoms with Crippen LogP contribution in [0.1, 0.15) is 30.5 Å². The van der Waals surface area contributed by atoms with Gasteiger partial charge in [-0.05, 0) is 60.9 Å². The van der Waals surface area contributed by atoms with E-state index in [4.69, 9.17) is 0 Å². The average Bonchev–Trinajstić information content (AvgIpc) is 2.77.